The standard InChI is InChI=1S/C14H14/c1-3-13(2)9-7-8-12-14-10-5-4-6-11-14/h3-12H,1-2H2. The molecular weight excluding hydrogens is 168 g/mol. The Bertz CT molecular complexity index is 353. The maximum atomic E-state index is 3.78. The summed E-state index contributed by atoms with van der Waals surface area (Å²) in [6.07, 6.45) is 9.65. The normalized spacial score (nSPS) is 10.9. The van der Waals surface area contributed by atoms with Crippen molar-refractivity contribution < 1.29 is 0 Å². The minimum atomic E-state index is 0.919. The van der Waals surface area contributed by atoms with E-state index in [9.17, 15) is 0 Å². The Balaban J connectivity index is 2.54. The zero-order valence-corrected chi connectivity index (χ0v) is 8.19. The predicted molar refractivity (Wildman–Crippen MR) is 64.0 cm³/mol. The van der Waals surface area contributed by atoms with Crippen molar-refractivity contribution in [1.82, 2.24) is 0 Å². The Morgan fingerprint density at radius 1 is 1.07 bits per heavy atom. The zero-order chi connectivity index (χ0) is 10.2. The highest BCUT2D eigenvalue weighted by Gasteiger charge is 1.79. The molecule has 14 heavy (non-hydrogen) atoms. The van der Waals surface area contributed by atoms with Crippen LogP contribution in [0.3, 0.4) is 0 Å². The summed E-state index contributed by atoms with van der Waals surface area (Å²) < 4.78 is 0. The molecule has 0 aliphatic heterocycles. The van der Waals surface area contributed by atoms with Crippen LogP contribution >= 0.6 is 0 Å². The first kappa shape index (κ1) is 10.3. The summed E-state index contributed by atoms with van der Waals surface area (Å²) in [7, 11) is 0. The molecule has 0 saturated heterocycles. The molecule has 0 atom stereocenters. The summed E-state index contributed by atoms with van der Waals surface area (Å²) in [5, 5.41) is 0. The molecule has 0 aromatic heterocycles. The molecule has 0 heteroatoms. The van der Waals surface area contributed by atoms with Crippen LogP contribution in [-0.2, 0) is 0 Å². The van der Waals surface area contributed by atoms with Gasteiger partial charge in [0.25, 0.3) is 0 Å². The van der Waals surface area contributed by atoms with Crippen molar-refractivity contribution in [3.05, 3.63) is 78.9 Å². The first-order valence-electron chi connectivity index (χ1n) is 4.54. The summed E-state index contributed by atoms with van der Waals surface area (Å²) in [5.74, 6) is 0. The highest BCUT2D eigenvalue weighted by atomic mass is 13.9. The van der Waals surface area contributed by atoms with Crippen molar-refractivity contribution >= 4 is 6.08 Å². The lowest BCUT2D eigenvalue weighted by Gasteiger charge is -1.88. The second-order valence-electron chi connectivity index (χ2n) is 2.91. The number of rotatable bonds is 4. The van der Waals surface area contributed by atoms with Gasteiger partial charge >= 0.3 is 0 Å². The van der Waals surface area contributed by atoms with E-state index in [1.807, 2.05) is 42.5 Å². The van der Waals surface area contributed by atoms with E-state index in [1.54, 1.807) is 6.08 Å². The summed E-state index contributed by atoms with van der Waals surface area (Å²) in [4.78, 5) is 0. The average Bonchev–Trinajstić information content (AvgIpc) is 2.25. The Labute approximate surface area is 85.6 Å². The van der Waals surface area contributed by atoms with Crippen LogP contribution < -0.4 is 0 Å². The fourth-order valence-electron chi connectivity index (χ4n) is 0.978. The van der Waals surface area contributed by atoms with Gasteiger partial charge in [0.15, 0.2) is 0 Å². The topological polar surface area (TPSA) is 0 Å². The maximum absolute atomic E-state index is 3.78. The predicted octanol–water partition coefficient (Wildman–Crippen LogP) is 4.00. The Morgan fingerprint density at radius 2 is 1.79 bits per heavy atom. The molecule has 0 saturated carbocycles. The van der Waals surface area contributed by atoms with Crippen LogP contribution in [0.15, 0.2) is 73.4 Å². The van der Waals surface area contributed by atoms with Gasteiger partial charge in [-0.1, -0.05) is 73.9 Å². The van der Waals surface area contributed by atoms with Gasteiger partial charge in [0.05, 0.1) is 0 Å². The lowest BCUT2D eigenvalue weighted by Crippen LogP contribution is -1.67. The molecule has 0 nitrogen and oxygen atoms in total. The Morgan fingerprint density at radius 3 is 2.43 bits per heavy atom. The molecule has 0 spiro atoms. The molecule has 0 bridgehead atoms. The van der Waals surface area contributed by atoms with Crippen LogP contribution in [0, 0.1) is 0 Å². The van der Waals surface area contributed by atoms with E-state index in [1.165, 1.54) is 5.56 Å². The van der Waals surface area contributed by atoms with Gasteiger partial charge < -0.3 is 0 Å². The van der Waals surface area contributed by atoms with E-state index in [0.29, 0.717) is 0 Å². The molecule has 0 aliphatic carbocycles. The van der Waals surface area contributed by atoms with Crippen LogP contribution in [0.2, 0.25) is 0 Å². The van der Waals surface area contributed by atoms with Gasteiger partial charge in [-0.25, -0.2) is 0 Å². The van der Waals surface area contributed by atoms with E-state index >= 15 is 0 Å². The Hall–Kier alpha value is -1.82. The number of allylic oxidation sites excluding steroid dienone is 5. The summed E-state index contributed by atoms with van der Waals surface area (Å²) in [6, 6.07) is 10.2. The summed E-state index contributed by atoms with van der Waals surface area (Å²) >= 11 is 0. The Kier molecular flexibility index (Phi) is 4.22. The monoisotopic (exact) mass is 182 g/mol. The van der Waals surface area contributed by atoms with Crippen molar-refractivity contribution in [3.63, 3.8) is 0 Å². The molecule has 70 valence electrons. The molecule has 0 radical (unpaired) electrons. The first-order valence-corrected chi connectivity index (χ1v) is 4.54. The van der Waals surface area contributed by atoms with Crippen molar-refractivity contribution in [3.8, 4) is 0 Å². The van der Waals surface area contributed by atoms with E-state index in [2.05, 4.69) is 25.3 Å². The highest BCUT2D eigenvalue weighted by molar-refractivity contribution is 5.51. The number of hydrogen-bond acceptors (Lipinski definition) is 0. The molecule has 1 rings (SSSR count). The zero-order valence-electron chi connectivity index (χ0n) is 8.19. The SMILES string of the molecule is C=CC(=C)C=CC=Cc1ccccc1. The minimum Gasteiger partial charge on any atom is -0.0985 e. The van der Waals surface area contributed by atoms with Crippen molar-refractivity contribution in [1.29, 1.82) is 0 Å². The number of hydrogen-bond donors (Lipinski definition) is 0. The fourth-order valence-corrected chi connectivity index (χ4v) is 0.978. The van der Waals surface area contributed by atoms with E-state index in [0.717, 1.165) is 5.57 Å². The molecule has 0 fully saturated rings. The molecule has 1 aromatic carbocycles. The molecule has 0 N–H and O–H groups in total. The van der Waals surface area contributed by atoms with Crippen molar-refractivity contribution in [2.45, 2.75) is 0 Å². The maximum Gasteiger partial charge on any atom is -0.0257 e. The first-order chi connectivity index (χ1) is 6.83. The van der Waals surface area contributed by atoms with Gasteiger partial charge in [0, 0.05) is 0 Å². The molecule has 0 unspecified atom stereocenters. The molecule has 0 aliphatic rings. The smallest absolute Gasteiger partial charge is 0.0257 e. The van der Waals surface area contributed by atoms with Crippen molar-refractivity contribution in [2.24, 2.45) is 0 Å². The third-order valence-corrected chi connectivity index (χ3v) is 1.77. The minimum absolute atomic E-state index is 0.919. The lowest BCUT2D eigenvalue weighted by atomic mass is 10.2. The molecule has 1 aromatic rings. The quantitative estimate of drug-likeness (QED) is 0.617. The third kappa shape index (κ3) is 3.72. The van der Waals surface area contributed by atoms with Gasteiger partial charge in [-0.15, -0.1) is 0 Å². The molecule has 0 heterocycles. The summed E-state index contributed by atoms with van der Waals surface area (Å²) in [6.45, 7) is 7.40. The van der Waals surface area contributed by atoms with Gasteiger partial charge in [0.2, 0.25) is 0 Å². The van der Waals surface area contributed by atoms with Gasteiger partial charge in [-0.3, -0.25) is 0 Å². The van der Waals surface area contributed by atoms with Crippen LogP contribution in [0.25, 0.3) is 6.08 Å². The highest BCUT2D eigenvalue weighted by Crippen LogP contribution is 2.01. The number of benzene rings is 1. The summed E-state index contributed by atoms with van der Waals surface area (Å²) in [5.41, 5.74) is 2.11. The second kappa shape index (κ2) is 5.76. The van der Waals surface area contributed by atoms with E-state index in [4.69, 9.17) is 0 Å². The van der Waals surface area contributed by atoms with Crippen LogP contribution in [0.1, 0.15) is 5.56 Å². The van der Waals surface area contributed by atoms with Gasteiger partial charge in [-0.2, -0.15) is 0 Å². The van der Waals surface area contributed by atoms with Gasteiger partial charge in [-0.05, 0) is 11.1 Å². The van der Waals surface area contributed by atoms with Crippen LogP contribution in [0.4, 0.5) is 0 Å². The second-order valence-corrected chi connectivity index (χ2v) is 2.91. The lowest BCUT2D eigenvalue weighted by molar-refractivity contribution is 1.66. The van der Waals surface area contributed by atoms with E-state index in [-0.39, 0.29) is 0 Å². The van der Waals surface area contributed by atoms with Crippen molar-refractivity contribution in [2.75, 3.05) is 0 Å². The van der Waals surface area contributed by atoms with Gasteiger partial charge in [0.1, 0.15) is 0 Å². The van der Waals surface area contributed by atoms with Crippen LogP contribution in [-0.4, -0.2) is 0 Å². The van der Waals surface area contributed by atoms with E-state index < -0.39 is 0 Å². The largest absolute Gasteiger partial charge is 0.0985 e. The third-order valence-electron chi connectivity index (χ3n) is 1.77. The molecule has 0 amide bonds. The molecular formula is C14H14. The van der Waals surface area contributed by atoms with Crippen LogP contribution in [0.5, 0.6) is 0 Å². The fraction of sp³-hybridized carbons (Fsp3) is 0. The average molecular weight is 182 g/mol.